The van der Waals surface area contributed by atoms with Gasteiger partial charge in [0.1, 0.15) is 0 Å². The van der Waals surface area contributed by atoms with E-state index in [0.29, 0.717) is 6.61 Å². The van der Waals surface area contributed by atoms with E-state index in [4.69, 9.17) is 10.5 Å². The number of hydrogen-bond donors (Lipinski definition) is 2. The van der Waals surface area contributed by atoms with E-state index in [9.17, 15) is 4.79 Å². The lowest BCUT2D eigenvalue weighted by Gasteiger charge is -2.05. The zero-order valence-corrected chi connectivity index (χ0v) is 11.2. The van der Waals surface area contributed by atoms with Crippen LogP contribution in [0.3, 0.4) is 0 Å². The normalized spacial score (nSPS) is 10.3. The van der Waals surface area contributed by atoms with Crippen LogP contribution in [0.15, 0.2) is 12.3 Å². The Labute approximate surface area is 115 Å². The second-order valence-corrected chi connectivity index (χ2v) is 3.85. The Hall–Kier alpha value is -2.71. The van der Waals surface area contributed by atoms with Gasteiger partial charge in [-0.2, -0.15) is 20.1 Å². The van der Waals surface area contributed by atoms with Gasteiger partial charge in [-0.1, -0.05) is 6.92 Å². The number of rotatable bonds is 5. The van der Waals surface area contributed by atoms with E-state index in [1.165, 1.54) is 11.7 Å². The Kier molecular flexibility index (Phi) is 4.08. The summed E-state index contributed by atoms with van der Waals surface area (Å²) in [5.74, 6) is -0.0786. The fourth-order valence-corrected chi connectivity index (χ4v) is 1.41. The molecule has 0 bridgehead atoms. The van der Waals surface area contributed by atoms with Crippen molar-refractivity contribution in [3.8, 4) is 12.0 Å². The maximum Gasteiger partial charge on any atom is 0.323 e. The van der Waals surface area contributed by atoms with Crippen LogP contribution in [0, 0.1) is 0 Å². The van der Waals surface area contributed by atoms with Gasteiger partial charge in [0.25, 0.3) is 11.9 Å². The van der Waals surface area contributed by atoms with Gasteiger partial charge < -0.3 is 15.8 Å². The van der Waals surface area contributed by atoms with Crippen molar-refractivity contribution in [1.82, 2.24) is 30.0 Å². The molecule has 9 heteroatoms. The largest absolute Gasteiger partial charge is 0.463 e. The molecule has 0 radical (unpaired) electrons. The Morgan fingerprint density at radius 3 is 2.95 bits per heavy atom. The van der Waals surface area contributed by atoms with Crippen molar-refractivity contribution in [2.24, 2.45) is 0 Å². The van der Waals surface area contributed by atoms with Crippen LogP contribution in [0.4, 0.5) is 5.95 Å². The fraction of sp³-hybridized carbons (Fsp3) is 0.364. The van der Waals surface area contributed by atoms with E-state index in [1.807, 2.05) is 6.92 Å². The molecule has 0 aliphatic carbocycles. The average molecular weight is 277 g/mol. The predicted molar refractivity (Wildman–Crippen MR) is 70.5 cm³/mol. The molecule has 20 heavy (non-hydrogen) atoms. The minimum atomic E-state index is -0.298. The van der Waals surface area contributed by atoms with Crippen molar-refractivity contribution < 1.29 is 9.53 Å². The molecule has 106 valence electrons. The van der Waals surface area contributed by atoms with Gasteiger partial charge >= 0.3 is 6.01 Å². The number of aromatic nitrogens is 5. The second-order valence-electron chi connectivity index (χ2n) is 3.85. The number of nitrogen functional groups attached to an aromatic ring is 1. The molecule has 2 rings (SSSR count). The lowest BCUT2D eigenvalue weighted by Crippen LogP contribution is -2.19. The summed E-state index contributed by atoms with van der Waals surface area (Å²) in [6.07, 6.45) is 2.38. The summed E-state index contributed by atoms with van der Waals surface area (Å²) in [4.78, 5) is 23.4. The first-order chi connectivity index (χ1) is 9.63. The van der Waals surface area contributed by atoms with Gasteiger partial charge in [-0.05, 0) is 12.5 Å². The zero-order chi connectivity index (χ0) is 14.5. The molecular weight excluding hydrogens is 262 g/mol. The van der Waals surface area contributed by atoms with E-state index in [1.54, 1.807) is 12.3 Å². The van der Waals surface area contributed by atoms with Gasteiger partial charge in [-0.25, -0.2) is 4.68 Å². The Morgan fingerprint density at radius 1 is 1.45 bits per heavy atom. The molecule has 0 spiro atoms. The molecular formula is C11H15N7O2. The standard InChI is InChI=1S/C11H15N7O2/c1-3-6-20-11-15-9(12)14-10(16-11)18-5-4-7(17-18)8(19)13-2/h4-5H,3,6H2,1-2H3,(H,13,19)(H2,12,14,15,16). The smallest absolute Gasteiger partial charge is 0.323 e. The lowest BCUT2D eigenvalue weighted by molar-refractivity contribution is 0.0957. The van der Waals surface area contributed by atoms with Crippen molar-refractivity contribution in [1.29, 1.82) is 0 Å². The zero-order valence-electron chi connectivity index (χ0n) is 11.2. The van der Waals surface area contributed by atoms with E-state index < -0.39 is 0 Å². The van der Waals surface area contributed by atoms with Gasteiger partial charge in [0.05, 0.1) is 6.61 Å². The summed E-state index contributed by atoms with van der Waals surface area (Å²) >= 11 is 0. The number of amides is 1. The van der Waals surface area contributed by atoms with Gasteiger partial charge in [0, 0.05) is 13.2 Å². The van der Waals surface area contributed by atoms with Crippen LogP contribution in [0.5, 0.6) is 6.01 Å². The van der Waals surface area contributed by atoms with Crippen molar-refractivity contribution in [3.05, 3.63) is 18.0 Å². The Balaban J connectivity index is 2.29. The molecule has 9 nitrogen and oxygen atoms in total. The predicted octanol–water partition coefficient (Wildman–Crippen LogP) is -0.212. The number of nitrogens with two attached hydrogens (primary N) is 1. The molecule has 0 unspecified atom stereocenters. The highest BCUT2D eigenvalue weighted by Gasteiger charge is 2.12. The van der Waals surface area contributed by atoms with E-state index in [0.717, 1.165) is 6.42 Å². The topological polar surface area (TPSA) is 121 Å². The van der Waals surface area contributed by atoms with Crippen molar-refractivity contribution in [3.63, 3.8) is 0 Å². The maximum absolute atomic E-state index is 11.4. The van der Waals surface area contributed by atoms with Crippen molar-refractivity contribution >= 4 is 11.9 Å². The molecule has 2 aromatic rings. The SMILES string of the molecule is CCCOc1nc(N)nc(-n2ccc(C(=O)NC)n2)n1. The highest BCUT2D eigenvalue weighted by molar-refractivity contribution is 5.91. The summed E-state index contributed by atoms with van der Waals surface area (Å²) in [5, 5.41) is 6.53. The summed E-state index contributed by atoms with van der Waals surface area (Å²) in [6, 6.07) is 1.68. The number of nitrogens with one attached hydrogen (secondary N) is 1. The first kappa shape index (κ1) is 13.7. The van der Waals surface area contributed by atoms with Gasteiger partial charge in [0.2, 0.25) is 5.95 Å². The van der Waals surface area contributed by atoms with Gasteiger partial charge in [0.15, 0.2) is 5.69 Å². The number of carbonyl (C=O) groups excluding carboxylic acids is 1. The van der Waals surface area contributed by atoms with Crippen LogP contribution in [0.25, 0.3) is 5.95 Å². The first-order valence-corrected chi connectivity index (χ1v) is 6.06. The quantitative estimate of drug-likeness (QED) is 0.775. The number of carbonyl (C=O) groups is 1. The molecule has 3 N–H and O–H groups in total. The Bertz CT molecular complexity index is 611. The number of ether oxygens (including phenoxy) is 1. The van der Waals surface area contributed by atoms with E-state index >= 15 is 0 Å². The summed E-state index contributed by atoms with van der Waals surface area (Å²) in [5.41, 5.74) is 5.85. The molecule has 0 fully saturated rings. The summed E-state index contributed by atoms with van der Waals surface area (Å²) in [6.45, 7) is 2.44. The number of nitrogens with zero attached hydrogens (tertiary/aromatic N) is 5. The first-order valence-electron chi connectivity index (χ1n) is 6.06. The lowest BCUT2D eigenvalue weighted by atomic mass is 10.4. The summed E-state index contributed by atoms with van der Waals surface area (Å²) in [7, 11) is 1.53. The van der Waals surface area contributed by atoms with Crippen LogP contribution in [0.2, 0.25) is 0 Å². The average Bonchev–Trinajstić information content (AvgIpc) is 2.93. The third kappa shape index (κ3) is 2.99. The maximum atomic E-state index is 11.4. The molecule has 0 aliphatic heterocycles. The Morgan fingerprint density at radius 2 is 2.25 bits per heavy atom. The van der Waals surface area contributed by atoms with Crippen molar-refractivity contribution in [2.45, 2.75) is 13.3 Å². The molecule has 0 aromatic carbocycles. The van der Waals surface area contributed by atoms with Gasteiger partial charge in [-0.15, -0.1) is 0 Å². The van der Waals surface area contributed by atoms with Gasteiger partial charge in [-0.3, -0.25) is 4.79 Å². The minimum absolute atomic E-state index is 0.0260. The molecule has 2 aromatic heterocycles. The highest BCUT2D eigenvalue weighted by Crippen LogP contribution is 2.09. The third-order valence-corrected chi connectivity index (χ3v) is 2.31. The van der Waals surface area contributed by atoms with Crippen LogP contribution < -0.4 is 15.8 Å². The summed E-state index contributed by atoms with van der Waals surface area (Å²) < 4.78 is 6.65. The number of anilines is 1. The monoisotopic (exact) mass is 277 g/mol. The third-order valence-electron chi connectivity index (χ3n) is 2.31. The van der Waals surface area contributed by atoms with Crippen LogP contribution in [-0.2, 0) is 0 Å². The minimum Gasteiger partial charge on any atom is -0.463 e. The molecule has 0 aliphatic rings. The molecule has 0 saturated heterocycles. The highest BCUT2D eigenvalue weighted by atomic mass is 16.5. The van der Waals surface area contributed by atoms with E-state index in [-0.39, 0.29) is 29.5 Å². The molecule has 1 amide bonds. The second kappa shape index (κ2) is 5.95. The molecule has 0 atom stereocenters. The fourth-order valence-electron chi connectivity index (χ4n) is 1.41. The van der Waals surface area contributed by atoms with Crippen LogP contribution >= 0.6 is 0 Å². The van der Waals surface area contributed by atoms with E-state index in [2.05, 4.69) is 25.4 Å². The molecule has 2 heterocycles. The van der Waals surface area contributed by atoms with Crippen LogP contribution in [-0.4, -0.2) is 44.3 Å². The molecule has 0 saturated carbocycles. The van der Waals surface area contributed by atoms with Crippen LogP contribution in [0.1, 0.15) is 23.8 Å². The van der Waals surface area contributed by atoms with Crippen molar-refractivity contribution in [2.75, 3.05) is 19.4 Å². The number of hydrogen-bond acceptors (Lipinski definition) is 7.